The predicted molar refractivity (Wildman–Crippen MR) is 121 cm³/mol. The highest BCUT2D eigenvalue weighted by Gasteiger charge is 2.06. The Morgan fingerprint density at radius 3 is 1.73 bits per heavy atom. The maximum absolute atomic E-state index is 5.83. The molecule has 148 valence electrons. The van der Waals surface area contributed by atoms with Gasteiger partial charge in [-0.05, 0) is 60.9 Å². The lowest BCUT2D eigenvalue weighted by Gasteiger charge is -2.13. The largest absolute Gasteiger partial charge is 0.324 e. The second-order valence-electron chi connectivity index (χ2n) is 6.34. The van der Waals surface area contributed by atoms with Crippen molar-refractivity contribution in [2.75, 3.05) is 0 Å². The number of hydrogen-bond acceptors (Lipinski definition) is 1. The third-order valence-electron chi connectivity index (χ3n) is 4.09. The number of aryl methyl sites for hydroxylation is 3. The van der Waals surface area contributed by atoms with Crippen molar-refractivity contribution < 1.29 is 0 Å². The van der Waals surface area contributed by atoms with Gasteiger partial charge in [0, 0.05) is 6.04 Å². The van der Waals surface area contributed by atoms with Crippen molar-refractivity contribution in [1.29, 1.82) is 0 Å². The summed E-state index contributed by atoms with van der Waals surface area (Å²) in [5.41, 5.74) is 12.7. The van der Waals surface area contributed by atoms with Crippen LogP contribution in [0.5, 0.6) is 0 Å². The molecule has 1 atom stereocenters. The normalized spacial score (nSPS) is 10.5. The Bertz CT molecular complexity index is 582. The van der Waals surface area contributed by atoms with Crippen molar-refractivity contribution >= 4 is 0 Å². The average Bonchev–Trinajstić information content (AvgIpc) is 2.66. The van der Waals surface area contributed by atoms with E-state index in [1.807, 2.05) is 34.6 Å². The average molecular weight is 358 g/mol. The lowest BCUT2D eigenvalue weighted by Crippen LogP contribution is -2.06. The van der Waals surface area contributed by atoms with E-state index in [0.717, 1.165) is 6.42 Å². The molecule has 0 aliphatic carbocycles. The van der Waals surface area contributed by atoms with E-state index in [9.17, 15) is 0 Å². The summed E-state index contributed by atoms with van der Waals surface area (Å²) in [6, 6.07) is 15.1. The van der Waals surface area contributed by atoms with E-state index in [-0.39, 0.29) is 6.04 Å². The fourth-order valence-corrected chi connectivity index (χ4v) is 2.57. The minimum atomic E-state index is 0.137. The molecule has 2 rings (SSSR count). The summed E-state index contributed by atoms with van der Waals surface area (Å²) in [5, 5.41) is 0. The second-order valence-corrected chi connectivity index (χ2v) is 6.34. The van der Waals surface area contributed by atoms with Gasteiger partial charge in [0.1, 0.15) is 0 Å². The highest BCUT2D eigenvalue weighted by atomic mass is 14.6. The summed E-state index contributed by atoms with van der Waals surface area (Å²) in [6.07, 6.45) is 1.15. The lowest BCUT2D eigenvalue weighted by atomic mass is 9.94. The second kappa shape index (κ2) is 15.6. The van der Waals surface area contributed by atoms with Gasteiger partial charge in [0.25, 0.3) is 0 Å². The maximum atomic E-state index is 5.83. The molecule has 2 N–H and O–H groups in total. The van der Waals surface area contributed by atoms with E-state index in [1.54, 1.807) is 0 Å². The van der Waals surface area contributed by atoms with Gasteiger partial charge >= 0.3 is 0 Å². The van der Waals surface area contributed by atoms with Crippen LogP contribution in [0.15, 0.2) is 42.5 Å². The summed E-state index contributed by atoms with van der Waals surface area (Å²) in [4.78, 5) is 0. The number of rotatable bonds is 3. The van der Waals surface area contributed by atoms with Gasteiger partial charge in [0.15, 0.2) is 0 Å². The highest BCUT2D eigenvalue weighted by molar-refractivity contribution is 5.34. The maximum Gasteiger partial charge on any atom is 0.0266 e. The molecule has 1 nitrogen and oxygen atoms in total. The van der Waals surface area contributed by atoms with Gasteiger partial charge in [-0.2, -0.15) is 0 Å². The molecular weight excluding hydrogens is 314 g/mol. The van der Waals surface area contributed by atoms with Gasteiger partial charge in [-0.15, -0.1) is 0 Å². The van der Waals surface area contributed by atoms with Crippen LogP contribution in [0.4, 0.5) is 0 Å². The molecule has 0 fully saturated rings. The summed E-state index contributed by atoms with van der Waals surface area (Å²) in [5.74, 6) is 0.582. The first-order valence-corrected chi connectivity index (χ1v) is 10.3. The zero-order chi connectivity index (χ0) is 20.7. The van der Waals surface area contributed by atoms with Crippen LogP contribution in [-0.4, -0.2) is 0 Å². The van der Waals surface area contributed by atoms with E-state index in [2.05, 4.69) is 77.1 Å². The molecule has 0 aromatic heterocycles. The molecule has 0 radical (unpaired) electrons. The molecular formula is C25H43N. The van der Waals surface area contributed by atoms with Gasteiger partial charge < -0.3 is 5.73 Å². The van der Waals surface area contributed by atoms with E-state index in [1.165, 1.54) is 27.8 Å². The summed E-state index contributed by atoms with van der Waals surface area (Å²) in [6.45, 7) is 20.9. The molecule has 0 heterocycles. The van der Waals surface area contributed by atoms with E-state index in [4.69, 9.17) is 5.73 Å². The van der Waals surface area contributed by atoms with Crippen LogP contribution < -0.4 is 5.73 Å². The molecule has 0 spiro atoms. The first-order chi connectivity index (χ1) is 12.4. The quantitative estimate of drug-likeness (QED) is 0.597. The van der Waals surface area contributed by atoms with Crippen molar-refractivity contribution in [1.82, 2.24) is 0 Å². The Labute approximate surface area is 164 Å². The van der Waals surface area contributed by atoms with Gasteiger partial charge in [-0.25, -0.2) is 0 Å². The number of nitrogens with two attached hydrogens (primary N) is 1. The molecule has 26 heavy (non-hydrogen) atoms. The van der Waals surface area contributed by atoms with Crippen molar-refractivity contribution in [2.24, 2.45) is 5.73 Å². The fraction of sp³-hybridized carbons (Fsp3) is 0.520. The van der Waals surface area contributed by atoms with Crippen molar-refractivity contribution in [3.63, 3.8) is 0 Å². The minimum Gasteiger partial charge on any atom is -0.324 e. The molecule has 1 unspecified atom stereocenters. The van der Waals surface area contributed by atoms with Crippen LogP contribution in [0.3, 0.4) is 0 Å². The summed E-state index contributed by atoms with van der Waals surface area (Å²) >= 11 is 0. The number of benzene rings is 2. The minimum absolute atomic E-state index is 0.137. The molecule has 1 heteroatoms. The summed E-state index contributed by atoms with van der Waals surface area (Å²) < 4.78 is 0. The first kappa shape index (κ1) is 26.6. The molecule has 0 aliphatic rings. The molecule has 0 aliphatic heterocycles. The van der Waals surface area contributed by atoms with Crippen LogP contribution in [0.2, 0.25) is 0 Å². The molecule has 0 amide bonds. The molecule has 2 aromatic rings. The zero-order valence-corrected chi connectivity index (χ0v) is 19.0. The standard InChI is InChI=1S/C12H19N.C9H12.2C2H6/c1-8(2)12-7-11(10(4)13)6-5-9(12)3;1-3-9-7-5-4-6-8(9)2;2*1-2/h5-8,10H,13H2,1-4H3;4-7H,3H2,1-2H3;2*1-2H3. The van der Waals surface area contributed by atoms with Crippen molar-refractivity contribution in [3.05, 3.63) is 70.3 Å². The van der Waals surface area contributed by atoms with Crippen LogP contribution in [0.25, 0.3) is 0 Å². The lowest BCUT2D eigenvalue weighted by molar-refractivity contribution is 0.800. The SMILES string of the molecule is CC.CC.CCc1ccccc1C.Cc1ccc(C(C)N)cc1C(C)C. The Hall–Kier alpha value is -1.60. The van der Waals surface area contributed by atoms with Gasteiger partial charge in [-0.1, -0.05) is 90.9 Å². The predicted octanol–water partition coefficient (Wildman–Crippen LogP) is 7.75. The molecule has 0 saturated heterocycles. The summed E-state index contributed by atoms with van der Waals surface area (Å²) in [7, 11) is 0. The van der Waals surface area contributed by atoms with E-state index < -0.39 is 0 Å². The van der Waals surface area contributed by atoms with Gasteiger partial charge in [0.05, 0.1) is 0 Å². The van der Waals surface area contributed by atoms with Crippen molar-refractivity contribution in [2.45, 2.75) is 87.6 Å². The smallest absolute Gasteiger partial charge is 0.0266 e. The van der Waals surface area contributed by atoms with Crippen LogP contribution in [-0.2, 0) is 6.42 Å². The zero-order valence-electron chi connectivity index (χ0n) is 19.0. The third-order valence-corrected chi connectivity index (χ3v) is 4.09. The number of hydrogen-bond donors (Lipinski definition) is 1. The van der Waals surface area contributed by atoms with Gasteiger partial charge in [0.2, 0.25) is 0 Å². The molecule has 0 saturated carbocycles. The van der Waals surface area contributed by atoms with Crippen molar-refractivity contribution in [3.8, 4) is 0 Å². The molecule has 2 aromatic carbocycles. The molecule has 0 bridgehead atoms. The monoisotopic (exact) mass is 357 g/mol. The highest BCUT2D eigenvalue weighted by Crippen LogP contribution is 2.22. The topological polar surface area (TPSA) is 26.0 Å². The van der Waals surface area contributed by atoms with E-state index in [0.29, 0.717) is 5.92 Å². The Morgan fingerprint density at radius 2 is 1.35 bits per heavy atom. The van der Waals surface area contributed by atoms with Crippen LogP contribution in [0.1, 0.15) is 95.2 Å². The fourth-order valence-electron chi connectivity index (χ4n) is 2.57. The third kappa shape index (κ3) is 9.77. The van der Waals surface area contributed by atoms with Crippen LogP contribution in [0, 0.1) is 13.8 Å². The van der Waals surface area contributed by atoms with Gasteiger partial charge in [-0.3, -0.25) is 0 Å². The first-order valence-electron chi connectivity index (χ1n) is 10.3. The Kier molecular flexibility index (Phi) is 16.0. The Morgan fingerprint density at radius 1 is 0.808 bits per heavy atom. The van der Waals surface area contributed by atoms with E-state index >= 15 is 0 Å². The van der Waals surface area contributed by atoms with Crippen LogP contribution >= 0.6 is 0 Å². The Balaban J connectivity index is 0.